The zero-order valence-electron chi connectivity index (χ0n) is 15.8. The van der Waals surface area contributed by atoms with Crippen molar-refractivity contribution in [1.29, 1.82) is 0 Å². The predicted octanol–water partition coefficient (Wildman–Crippen LogP) is 1.74. The van der Waals surface area contributed by atoms with Gasteiger partial charge in [-0.1, -0.05) is 0 Å². The van der Waals surface area contributed by atoms with Gasteiger partial charge in [0.1, 0.15) is 6.10 Å². The smallest absolute Gasteiger partial charge is 0.254 e. The summed E-state index contributed by atoms with van der Waals surface area (Å²) in [5.74, 6) is -0.0942. The molecule has 2 N–H and O–H groups in total. The Morgan fingerprint density at radius 2 is 1.96 bits per heavy atom. The van der Waals surface area contributed by atoms with Gasteiger partial charge in [0.25, 0.3) is 5.91 Å². The Bertz CT molecular complexity index is 759. The second-order valence-corrected chi connectivity index (χ2v) is 6.79. The summed E-state index contributed by atoms with van der Waals surface area (Å²) in [5, 5.41) is 7.27. The van der Waals surface area contributed by atoms with Gasteiger partial charge in [0.2, 0.25) is 0 Å². The number of carbonyl (C=O) groups excluding carboxylic acids is 1. The van der Waals surface area contributed by atoms with Crippen LogP contribution in [-0.2, 0) is 20.8 Å². The number of fused-ring (bicyclic) bond motifs is 1. The first kappa shape index (κ1) is 22.9. The Morgan fingerprint density at radius 3 is 2.71 bits per heavy atom. The summed E-state index contributed by atoms with van der Waals surface area (Å²) in [6.07, 6.45) is 1.70. The first-order valence-electron chi connectivity index (χ1n) is 9.32. The number of carbonyl (C=O) groups is 1. The summed E-state index contributed by atoms with van der Waals surface area (Å²) in [5.41, 5.74) is 1.99. The molecule has 0 saturated carbocycles. The van der Waals surface area contributed by atoms with Crippen molar-refractivity contribution in [2.24, 2.45) is 0 Å². The van der Waals surface area contributed by atoms with Gasteiger partial charge >= 0.3 is 0 Å². The SMILES string of the molecule is Cl.Cl.O=C(Nc1ccc2c(ccn2CCN2CCOCC2)c1)C1CNCCO1. The molecule has 2 aliphatic rings. The van der Waals surface area contributed by atoms with Crippen molar-refractivity contribution in [3.8, 4) is 0 Å². The molecule has 2 aliphatic heterocycles. The molecule has 3 heterocycles. The van der Waals surface area contributed by atoms with Gasteiger partial charge in [0.15, 0.2) is 0 Å². The molecular weight excluding hydrogens is 403 g/mol. The second kappa shape index (κ2) is 11.0. The number of aromatic nitrogens is 1. The van der Waals surface area contributed by atoms with Crippen molar-refractivity contribution in [2.75, 3.05) is 57.9 Å². The third-order valence-corrected chi connectivity index (χ3v) is 5.02. The van der Waals surface area contributed by atoms with E-state index in [4.69, 9.17) is 9.47 Å². The predicted molar refractivity (Wildman–Crippen MR) is 115 cm³/mol. The molecule has 28 heavy (non-hydrogen) atoms. The molecular formula is C19H28Cl2N4O3. The lowest BCUT2D eigenvalue weighted by Gasteiger charge is -2.26. The van der Waals surface area contributed by atoms with Crippen LogP contribution in [0.2, 0.25) is 0 Å². The fourth-order valence-electron chi connectivity index (χ4n) is 3.50. The van der Waals surface area contributed by atoms with Crippen LogP contribution in [0.5, 0.6) is 0 Å². The highest BCUT2D eigenvalue weighted by molar-refractivity contribution is 5.96. The fourth-order valence-corrected chi connectivity index (χ4v) is 3.50. The number of hydrogen-bond donors (Lipinski definition) is 2. The maximum atomic E-state index is 12.3. The summed E-state index contributed by atoms with van der Waals surface area (Å²) < 4.78 is 13.2. The standard InChI is InChI=1S/C19H26N4O3.2ClH/c24-19(18-14-20-4-10-26-18)21-16-1-2-17-15(13-16)3-5-23(17)7-6-22-8-11-25-12-9-22;;/h1-3,5,13,18,20H,4,6-12,14H2,(H,21,24);2*1H. The highest BCUT2D eigenvalue weighted by Gasteiger charge is 2.21. The summed E-state index contributed by atoms with van der Waals surface area (Å²) >= 11 is 0. The Labute approximate surface area is 177 Å². The molecule has 4 rings (SSSR count). The molecule has 0 bridgehead atoms. The van der Waals surface area contributed by atoms with E-state index in [1.807, 2.05) is 12.1 Å². The Morgan fingerprint density at radius 1 is 1.14 bits per heavy atom. The minimum Gasteiger partial charge on any atom is -0.379 e. The Kier molecular flexibility index (Phi) is 9.01. The lowest BCUT2D eigenvalue weighted by molar-refractivity contribution is -0.128. The lowest BCUT2D eigenvalue weighted by atomic mass is 10.2. The largest absolute Gasteiger partial charge is 0.379 e. The van der Waals surface area contributed by atoms with Gasteiger partial charge in [-0.2, -0.15) is 0 Å². The van der Waals surface area contributed by atoms with Crippen LogP contribution in [0.1, 0.15) is 0 Å². The van der Waals surface area contributed by atoms with Crippen molar-refractivity contribution in [1.82, 2.24) is 14.8 Å². The van der Waals surface area contributed by atoms with Gasteiger partial charge in [0, 0.05) is 62.1 Å². The Balaban J connectivity index is 0.00000140. The highest BCUT2D eigenvalue weighted by atomic mass is 35.5. The van der Waals surface area contributed by atoms with Crippen LogP contribution in [0.3, 0.4) is 0 Å². The summed E-state index contributed by atoms with van der Waals surface area (Å²) in [6.45, 7) is 7.59. The zero-order valence-corrected chi connectivity index (χ0v) is 17.4. The fraction of sp³-hybridized carbons (Fsp3) is 0.526. The van der Waals surface area contributed by atoms with Crippen molar-refractivity contribution in [3.63, 3.8) is 0 Å². The van der Waals surface area contributed by atoms with Crippen molar-refractivity contribution >= 4 is 47.3 Å². The third kappa shape index (κ3) is 5.59. The lowest BCUT2D eigenvalue weighted by Crippen LogP contribution is -2.45. The average Bonchev–Trinajstić information content (AvgIpc) is 3.10. The molecule has 1 aromatic carbocycles. The number of amides is 1. The molecule has 0 aliphatic carbocycles. The molecule has 1 amide bonds. The van der Waals surface area contributed by atoms with E-state index in [9.17, 15) is 4.79 Å². The minimum atomic E-state index is -0.419. The average molecular weight is 431 g/mol. The minimum absolute atomic E-state index is 0. The maximum Gasteiger partial charge on any atom is 0.254 e. The van der Waals surface area contributed by atoms with Gasteiger partial charge in [-0.3, -0.25) is 9.69 Å². The summed E-state index contributed by atoms with van der Waals surface area (Å²) in [7, 11) is 0. The second-order valence-electron chi connectivity index (χ2n) is 6.79. The molecule has 1 aromatic heterocycles. The zero-order chi connectivity index (χ0) is 17.8. The number of hydrogen-bond acceptors (Lipinski definition) is 5. The number of benzene rings is 1. The van der Waals surface area contributed by atoms with Crippen LogP contribution in [0.15, 0.2) is 30.5 Å². The molecule has 2 aromatic rings. The normalized spacial score (nSPS) is 20.2. The van der Waals surface area contributed by atoms with Crippen LogP contribution in [-0.4, -0.2) is 74.0 Å². The molecule has 9 heteroatoms. The van der Waals surface area contributed by atoms with Crippen LogP contribution in [0.4, 0.5) is 5.69 Å². The van der Waals surface area contributed by atoms with Crippen LogP contribution >= 0.6 is 24.8 Å². The van der Waals surface area contributed by atoms with Crippen molar-refractivity contribution < 1.29 is 14.3 Å². The topological polar surface area (TPSA) is 67.8 Å². The van der Waals surface area contributed by atoms with E-state index in [-0.39, 0.29) is 30.7 Å². The van der Waals surface area contributed by atoms with Crippen molar-refractivity contribution in [3.05, 3.63) is 30.5 Å². The number of nitrogens with zero attached hydrogens (tertiary/aromatic N) is 2. The number of morpholine rings is 2. The number of rotatable bonds is 5. The van der Waals surface area contributed by atoms with Crippen LogP contribution < -0.4 is 10.6 Å². The van der Waals surface area contributed by atoms with Crippen LogP contribution in [0, 0.1) is 0 Å². The molecule has 0 radical (unpaired) electrons. The van der Waals surface area contributed by atoms with Gasteiger partial charge in [-0.05, 0) is 24.3 Å². The van der Waals surface area contributed by atoms with E-state index in [1.165, 1.54) is 5.52 Å². The summed E-state index contributed by atoms with van der Waals surface area (Å²) in [6, 6.07) is 8.16. The van der Waals surface area contributed by atoms with Crippen molar-refractivity contribution in [2.45, 2.75) is 12.6 Å². The van der Waals surface area contributed by atoms with Gasteiger partial charge in [-0.15, -0.1) is 24.8 Å². The van der Waals surface area contributed by atoms with E-state index in [0.717, 1.165) is 57.0 Å². The van der Waals surface area contributed by atoms with E-state index >= 15 is 0 Å². The highest BCUT2D eigenvalue weighted by Crippen LogP contribution is 2.21. The van der Waals surface area contributed by atoms with Gasteiger partial charge < -0.3 is 24.7 Å². The van der Waals surface area contributed by atoms with E-state index in [2.05, 4.69) is 38.4 Å². The monoisotopic (exact) mass is 430 g/mol. The molecule has 1 unspecified atom stereocenters. The van der Waals surface area contributed by atoms with Gasteiger partial charge in [0.05, 0.1) is 19.8 Å². The third-order valence-electron chi connectivity index (χ3n) is 5.02. The summed E-state index contributed by atoms with van der Waals surface area (Å²) in [4.78, 5) is 14.7. The number of ether oxygens (including phenoxy) is 2. The first-order valence-corrected chi connectivity index (χ1v) is 9.32. The molecule has 2 saturated heterocycles. The molecule has 7 nitrogen and oxygen atoms in total. The van der Waals surface area contributed by atoms with E-state index in [1.54, 1.807) is 0 Å². The van der Waals surface area contributed by atoms with E-state index < -0.39 is 6.10 Å². The maximum absolute atomic E-state index is 12.3. The Hall–Kier alpha value is -1.35. The molecule has 1 atom stereocenters. The first-order chi connectivity index (χ1) is 12.8. The quantitative estimate of drug-likeness (QED) is 0.755. The number of anilines is 1. The molecule has 0 spiro atoms. The molecule has 2 fully saturated rings. The van der Waals surface area contributed by atoms with E-state index in [0.29, 0.717) is 13.2 Å². The number of halogens is 2. The van der Waals surface area contributed by atoms with Gasteiger partial charge in [-0.25, -0.2) is 0 Å². The number of nitrogens with one attached hydrogen (secondary N) is 2. The molecule has 156 valence electrons. The van der Waals surface area contributed by atoms with Crippen LogP contribution in [0.25, 0.3) is 10.9 Å².